The van der Waals surface area contributed by atoms with Gasteiger partial charge in [0, 0.05) is 37.3 Å². The fourth-order valence-corrected chi connectivity index (χ4v) is 4.34. The molecule has 1 atom stereocenters. The van der Waals surface area contributed by atoms with Gasteiger partial charge in [0.2, 0.25) is 0 Å². The second kappa shape index (κ2) is 8.01. The zero-order valence-corrected chi connectivity index (χ0v) is 17.4. The zero-order valence-electron chi connectivity index (χ0n) is 17.4. The van der Waals surface area contributed by atoms with Crippen LogP contribution < -0.4 is 4.74 Å². The zero-order chi connectivity index (χ0) is 20.4. The topological polar surface area (TPSA) is 61.4 Å². The van der Waals surface area contributed by atoms with Gasteiger partial charge in [-0.1, -0.05) is 42.5 Å². The maximum Gasteiger partial charge on any atom is 0.122 e. The predicted molar refractivity (Wildman–Crippen MR) is 114 cm³/mol. The molecule has 0 spiro atoms. The first-order chi connectivity index (χ1) is 14.0. The summed E-state index contributed by atoms with van der Waals surface area (Å²) < 4.78 is 5.61. The van der Waals surface area contributed by atoms with E-state index in [1.165, 1.54) is 11.1 Å². The molecule has 1 saturated heterocycles. The van der Waals surface area contributed by atoms with Gasteiger partial charge in [0.15, 0.2) is 0 Å². The summed E-state index contributed by atoms with van der Waals surface area (Å²) in [6.45, 7) is 6.44. The molecule has 0 radical (unpaired) electrons. The normalized spacial score (nSPS) is 19.6. The molecule has 2 heterocycles. The van der Waals surface area contributed by atoms with Crippen molar-refractivity contribution in [2.24, 2.45) is 0 Å². The molecule has 2 N–H and O–H groups in total. The second-order valence-corrected chi connectivity index (χ2v) is 8.09. The van der Waals surface area contributed by atoms with Crippen molar-refractivity contribution in [2.45, 2.75) is 38.8 Å². The van der Waals surface area contributed by atoms with E-state index in [2.05, 4.69) is 40.2 Å². The Morgan fingerprint density at radius 1 is 1.17 bits per heavy atom. The number of aryl methyl sites for hydroxylation is 2. The Kier molecular flexibility index (Phi) is 5.43. The molecule has 0 saturated carbocycles. The summed E-state index contributed by atoms with van der Waals surface area (Å²) in [4.78, 5) is 2.33. The molecule has 0 bridgehead atoms. The van der Waals surface area contributed by atoms with Crippen molar-refractivity contribution in [3.05, 3.63) is 82.2 Å². The smallest absolute Gasteiger partial charge is 0.122 e. The third-order valence-corrected chi connectivity index (χ3v) is 6.04. The van der Waals surface area contributed by atoms with Gasteiger partial charge in [0.05, 0.1) is 12.8 Å². The van der Waals surface area contributed by atoms with Gasteiger partial charge in [-0.15, -0.1) is 0 Å². The van der Waals surface area contributed by atoms with Crippen LogP contribution in [0.4, 0.5) is 0 Å². The molecule has 5 heteroatoms. The maximum absolute atomic E-state index is 11.1. The number of aromatic nitrogens is 2. The number of rotatable bonds is 6. The van der Waals surface area contributed by atoms with Crippen LogP contribution in [0.1, 0.15) is 40.1 Å². The van der Waals surface area contributed by atoms with Crippen molar-refractivity contribution in [3.8, 4) is 5.75 Å². The fraction of sp³-hybridized carbons (Fsp3) is 0.375. The molecule has 1 unspecified atom stereocenters. The molecule has 152 valence electrons. The van der Waals surface area contributed by atoms with Gasteiger partial charge in [-0.05, 0) is 43.0 Å². The first-order valence-corrected chi connectivity index (χ1v) is 10.1. The number of ether oxygens (including phenoxy) is 1. The van der Waals surface area contributed by atoms with Crippen LogP contribution in [-0.4, -0.2) is 40.4 Å². The van der Waals surface area contributed by atoms with E-state index in [0.29, 0.717) is 6.54 Å². The van der Waals surface area contributed by atoms with E-state index in [4.69, 9.17) is 4.74 Å². The average molecular weight is 392 g/mol. The van der Waals surface area contributed by atoms with Crippen molar-refractivity contribution in [3.63, 3.8) is 0 Å². The molecule has 0 aliphatic carbocycles. The number of aliphatic hydroxyl groups is 1. The van der Waals surface area contributed by atoms with Crippen LogP contribution in [0.2, 0.25) is 0 Å². The predicted octanol–water partition coefficient (Wildman–Crippen LogP) is 3.72. The number of benzene rings is 2. The van der Waals surface area contributed by atoms with E-state index in [1.807, 2.05) is 37.3 Å². The molecule has 1 aliphatic rings. The van der Waals surface area contributed by atoms with Crippen LogP contribution in [0.15, 0.2) is 48.5 Å². The Labute approximate surface area is 172 Å². The molecule has 4 rings (SSSR count). The monoisotopic (exact) mass is 391 g/mol. The van der Waals surface area contributed by atoms with Crippen molar-refractivity contribution >= 4 is 0 Å². The molecule has 1 aliphatic heterocycles. The number of methoxy groups -OCH3 is 1. The Hall–Kier alpha value is -2.63. The molecule has 29 heavy (non-hydrogen) atoms. The van der Waals surface area contributed by atoms with Crippen molar-refractivity contribution in [1.29, 1.82) is 0 Å². The quantitative estimate of drug-likeness (QED) is 0.672. The molecule has 5 nitrogen and oxygen atoms in total. The highest BCUT2D eigenvalue weighted by atomic mass is 16.5. The summed E-state index contributed by atoms with van der Waals surface area (Å²) in [6, 6.07) is 16.4. The minimum atomic E-state index is -0.762. The van der Waals surface area contributed by atoms with Crippen molar-refractivity contribution in [2.75, 3.05) is 20.2 Å². The van der Waals surface area contributed by atoms with E-state index in [0.717, 1.165) is 54.2 Å². The number of nitrogens with one attached hydrogen (secondary N) is 1. The fourth-order valence-electron chi connectivity index (χ4n) is 4.34. The molecule has 1 fully saturated rings. The number of β-amino-alcohol motifs (C(OH)–C–C–N with tert-alkyl or cyclic N) is 1. The van der Waals surface area contributed by atoms with Gasteiger partial charge >= 0.3 is 0 Å². The minimum absolute atomic E-state index is 0.651. The summed E-state index contributed by atoms with van der Waals surface area (Å²) in [5, 5.41) is 18.5. The van der Waals surface area contributed by atoms with Gasteiger partial charge in [0.25, 0.3) is 0 Å². The standard InChI is InChI=1S/C24H29N3O2/c1-17-22(18(2)26-25-17)14-20-13-19(9-10-23(20)29-3)15-27-12-11-24(28,16-27)21-7-5-4-6-8-21/h4-10,13,28H,11-12,14-16H2,1-3H3,(H,25,26). The van der Waals surface area contributed by atoms with Gasteiger partial charge in [-0.3, -0.25) is 10.00 Å². The van der Waals surface area contributed by atoms with Crippen LogP contribution in [0.5, 0.6) is 5.75 Å². The van der Waals surface area contributed by atoms with Crippen LogP contribution in [0.3, 0.4) is 0 Å². The van der Waals surface area contributed by atoms with E-state index in [1.54, 1.807) is 7.11 Å². The summed E-state index contributed by atoms with van der Waals surface area (Å²) >= 11 is 0. The number of hydrogen-bond donors (Lipinski definition) is 2. The summed E-state index contributed by atoms with van der Waals surface area (Å²) in [5.41, 5.74) is 5.99. The Bertz CT molecular complexity index is 964. The minimum Gasteiger partial charge on any atom is -0.496 e. The molecule has 0 amide bonds. The lowest BCUT2D eigenvalue weighted by Crippen LogP contribution is -2.30. The van der Waals surface area contributed by atoms with Crippen LogP contribution in [0.25, 0.3) is 0 Å². The summed E-state index contributed by atoms with van der Waals surface area (Å²) in [7, 11) is 1.72. The number of likely N-dealkylation sites (tertiary alicyclic amines) is 1. The van der Waals surface area contributed by atoms with Gasteiger partial charge in [0.1, 0.15) is 11.4 Å². The molecule has 3 aromatic rings. The molecular formula is C24H29N3O2. The molecule has 1 aromatic heterocycles. The van der Waals surface area contributed by atoms with Gasteiger partial charge < -0.3 is 9.84 Å². The van der Waals surface area contributed by atoms with Crippen LogP contribution in [0, 0.1) is 13.8 Å². The highest BCUT2D eigenvalue weighted by Crippen LogP contribution is 2.33. The van der Waals surface area contributed by atoms with E-state index < -0.39 is 5.60 Å². The van der Waals surface area contributed by atoms with E-state index in [-0.39, 0.29) is 0 Å². The highest BCUT2D eigenvalue weighted by molar-refractivity contribution is 5.42. The number of hydrogen-bond acceptors (Lipinski definition) is 4. The summed E-state index contributed by atoms with van der Waals surface area (Å²) in [5.74, 6) is 0.899. The first kappa shape index (κ1) is 19.7. The lowest BCUT2D eigenvalue weighted by Gasteiger charge is -2.24. The number of aromatic amines is 1. The maximum atomic E-state index is 11.1. The summed E-state index contributed by atoms with van der Waals surface area (Å²) in [6.07, 6.45) is 1.55. The SMILES string of the molecule is COc1ccc(CN2CCC(O)(c3ccccc3)C2)cc1Cc1c(C)n[nH]c1C. The molecule has 2 aromatic carbocycles. The average Bonchev–Trinajstić information content (AvgIpc) is 3.26. The van der Waals surface area contributed by atoms with Crippen LogP contribution >= 0.6 is 0 Å². The lowest BCUT2D eigenvalue weighted by atomic mass is 9.93. The Balaban J connectivity index is 1.51. The Morgan fingerprint density at radius 2 is 1.97 bits per heavy atom. The number of nitrogens with zero attached hydrogens (tertiary/aromatic N) is 2. The third kappa shape index (κ3) is 4.07. The van der Waals surface area contributed by atoms with Crippen molar-refractivity contribution < 1.29 is 9.84 Å². The van der Waals surface area contributed by atoms with Crippen LogP contribution in [-0.2, 0) is 18.6 Å². The second-order valence-electron chi connectivity index (χ2n) is 8.09. The first-order valence-electron chi connectivity index (χ1n) is 10.1. The number of H-pyrrole nitrogens is 1. The highest BCUT2D eigenvalue weighted by Gasteiger charge is 2.37. The van der Waals surface area contributed by atoms with E-state index in [9.17, 15) is 5.11 Å². The van der Waals surface area contributed by atoms with Gasteiger partial charge in [-0.2, -0.15) is 5.10 Å². The lowest BCUT2D eigenvalue weighted by molar-refractivity contribution is 0.0453. The molecular weight excluding hydrogens is 362 g/mol. The largest absolute Gasteiger partial charge is 0.496 e. The van der Waals surface area contributed by atoms with Gasteiger partial charge in [-0.25, -0.2) is 0 Å². The third-order valence-electron chi connectivity index (χ3n) is 6.04. The Morgan fingerprint density at radius 3 is 2.66 bits per heavy atom. The van der Waals surface area contributed by atoms with Crippen molar-refractivity contribution in [1.82, 2.24) is 15.1 Å². The van der Waals surface area contributed by atoms with E-state index >= 15 is 0 Å².